The Morgan fingerprint density at radius 3 is 2.28 bits per heavy atom. The van der Waals surface area contributed by atoms with Gasteiger partial charge in [0.25, 0.3) is 0 Å². The summed E-state index contributed by atoms with van der Waals surface area (Å²) in [6, 6.07) is 14.4. The van der Waals surface area contributed by atoms with Gasteiger partial charge in [0.15, 0.2) is 0 Å². The number of hydrogen-bond acceptors (Lipinski definition) is 3. The molecule has 0 spiro atoms. The highest BCUT2D eigenvalue weighted by Gasteiger charge is 2.31. The molecule has 0 radical (unpaired) electrons. The van der Waals surface area contributed by atoms with E-state index in [9.17, 15) is 8.42 Å². The molecule has 0 aliphatic heterocycles. The van der Waals surface area contributed by atoms with Crippen LogP contribution in [0.4, 0.5) is 0 Å². The molecule has 0 unspecified atom stereocenters. The lowest BCUT2D eigenvalue weighted by Crippen LogP contribution is -2.47. The van der Waals surface area contributed by atoms with Crippen molar-refractivity contribution in [1.29, 1.82) is 0 Å². The summed E-state index contributed by atoms with van der Waals surface area (Å²) < 4.78 is 34.3. The Bertz CT molecular complexity index is 798. The third kappa shape index (κ3) is 4.61. The highest BCUT2D eigenvalue weighted by molar-refractivity contribution is 7.89. The number of ether oxygens (including phenoxy) is 1. The molecule has 2 aromatic carbocycles. The number of nitrogens with one attached hydrogen (secondary N) is 1. The van der Waals surface area contributed by atoms with Gasteiger partial charge in [0, 0.05) is 0 Å². The lowest BCUT2D eigenvalue weighted by Gasteiger charge is -2.32. The number of benzene rings is 2. The van der Waals surface area contributed by atoms with E-state index in [1.54, 1.807) is 24.3 Å². The van der Waals surface area contributed by atoms with Crippen LogP contribution in [0, 0.1) is 13.8 Å². The summed E-state index contributed by atoms with van der Waals surface area (Å²) in [5.41, 5.74) is 2.29. The maximum absolute atomic E-state index is 12.6. The molecule has 1 aliphatic carbocycles. The van der Waals surface area contributed by atoms with E-state index in [0.29, 0.717) is 4.90 Å². The number of hydrogen-bond donors (Lipinski definition) is 1. The Balaban J connectivity index is 1.77. The molecule has 134 valence electrons. The van der Waals surface area contributed by atoms with Gasteiger partial charge in [0.2, 0.25) is 10.0 Å². The SMILES string of the molecule is Cc1cc(C)cc(O[C@@H]2CCCC[C@@H]2NS(=O)(=O)c2ccccc2)c1. The normalized spacial score (nSPS) is 21.0. The van der Waals surface area contributed by atoms with Crippen molar-refractivity contribution in [3.8, 4) is 5.75 Å². The molecule has 2 atom stereocenters. The third-order valence-corrected chi connectivity index (χ3v) is 6.05. The van der Waals surface area contributed by atoms with Gasteiger partial charge in [-0.25, -0.2) is 13.1 Å². The quantitative estimate of drug-likeness (QED) is 0.879. The highest BCUT2D eigenvalue weighted by atomic mass is 32.2. The molecule has 1 N–H and O–H groups in total. The summed E-state index contributed by atoms with van der Waals surface area (Å²) in [4.78, 5) is 0.297. The maximum atomic E-state index is 12.6. The van der Waals surface area contributed by atoms with Gasteiger partial charge in [-0.1, -0.05) is 30.7 Å². The molecule has 2 aromatic rings. The monoisotopic (exact) mass is 359 g/mol. The summed E-state index contributed by atoms with van der Waals surface area (Å²) in [5.74, 6) is 0.813. The topological polar surface area (TPSA) is 55.4 Å². The van der Waals surface area contributed by atoms with Crippen LogP contribution in [0.3, 0.4) is 0 Å². The Morgan fingerprint density at radius 2 is 1.60 bits per heavy atom. The van der Waals surface area contributed by atoms with Crippen LogP contribution in [-0.2, 0) is 10.0 Å². The van der Waals surface area contributed by atoms with Crippen molar-refractivity contribution in [3.05, 3.63) is 59.7 Å². The molecule has 0 saturated heterocycles. The maximum Gasteiger partial charge on any atom is 0.240 e. The van der Waals surface area contributed by atoms with Crippen molar-refractivity contribution in [2.45, 2.75) is 56.6 Å². The zero-order chi connectivity index (χ0) is 17.9. The molecule has 0 bridgehead atoms. The fourth-order valence-electron chi connectivity index (χ4n) is 3.42. The molecule has 0 amide bonds. The molecular weight excluding hydrogens is 334 g/mol. The van der Waals surface area contributed by atoms with Crippen molar-refractivity contribution in [2.75, 3.05) is 0 Å². The van der Waals surface area contributed by atoms with E-state index in [0.717, 1.165) is 42.6 Å². The fraction of sp³-hybridized carbons (Fsp3) is 0.400. The van der Waals surface area contributed by atoms with Crippen molar-refractivity contribution < 1.29 is 13.2 Å². The summed E-state index contributed by atoms with van der Waals surface area (Å²) in [6.07, 6.45) is 3.57. The van der Waals surface area contributed by atoms with Crippen LogP contribution in [0.1, 0.15) is 36.8 Å². The van der Waals surface area contributed by atoms with Gasteiger partial charge in [-0.2, -0.15) is 0 Å². The Labute approximate surface area is 150 Å². The van der Waals surface area contributed by atoms with Gasteiger partial charge in [-0.05, 0) is 68.5 Å². The minimum atomic E-state index is -3.53. The van der Waals surface area contributed by atoms with Crippen LogP contribution >= 0.6 is 0 Å². The Morgan fingerprint density at radius 1 is 0.960 bits per heavy atom. The number of rotatable bonds is 5. The number of aryl methyl sites for hydroxylation is 2. The van der Waals surface area contributed by atoms with Gasteiger partial charge in [-0.3, -0.25) is 0 Å². The molecule has 5 heteroatoms. The van der Waals surface area contributed by atoms with Crippen molar-refractivity contribution in [2.24, 2.45) is 0 Å². The Kier molecular flexibility index (Phi) is 5.45. The molecular formula is C20H25NO3S. The van der Waals surface area contributed by atoms with E-state index in [1.807, 2.05) is 32.0 Å². The predicted octanol–water partition coefficient (Wildman–Crippen LogP) is 3.97. The van der Waals surface area contributed by atoms with Gasteiger partial charge in [0.1, 0.15) is 11.9 Å². The van der Waals surface area contributed by atoms with Gasteiger partial charge >= 0.3 is 0 Å². The fourth-order valence-corrected chi connectivity index (χ4v) is 4.74. The minimum absolute atomic E-state index is 0.145. The van der Waals surface area contributed by atoms with Crippen molar-refractivity contribution in [3.63, 3.8) is 0 Å². The first-order chi connectivity index (χ1) is 11.9. The molecule has 1 fully saturated rings. The average molecular weight is 359 g/mol. The van der Waals surface area contributed by atoms with Crippen LogP contribution in [0.2, 0.25) is 0 Å². The average Bonchev–Trinajstić information content (AvgIpc) is 2.56. The Hall–Kier alpha value is -1.85. The molecule has 1 saturated carbocycles. The van der Waals surface area contributed by atoms with Crippen LogP contribution in [0.5, 0.6) is 5.75 Å². The summed E-state index contributed by atoms with van der Waals surface area (Å²) in [6.45, 7) is 4.08. The largest absolute Gasteiger partial charge is 0.489 e. The van der Waals surface area contributed by atoms with Gasteiger partial charge in [0.05, 0.1) is 10.9 Å². The van der Waals surface area contributed by atoms with Crippen LogP contribution < -0.4 is 9.46 Å². The van der Waals surface area contributed by atoms with Crippen LogP contribution in [-0.4, -0.2) is 20.6 Å². The predicted molar refractivity (Wildman–Crippen MR) is 99.4 cm³/mol. The molecule has 4 nitrogen and oxygen atoms in total. The second-order valence-electron chi connectivity index (χ2n) is 6.81. The summed E-state index contributed by atoms with van der Waals surface area (Å²) in [5, 5.41) is 0. The van der Waals surface area contributed by atoms with E-state index < -0.39 is 10.0 Å². The highest BCUT2D eigenvalue weighted by Crippen LogP contribution is 2.26. The molecule has 3 rings (SSSR count). The van der Waals surface area contributed by atoms with Crippen LogP contribution in [0.15, 0.2) is 53.4 Å². The summed E-state index contributed by atoms with van der Waals surface area (Å²) >= 11 is 0. The van der Waals surface area contributed by atoms with Gasteiger partial charge in [-0.15, -0.1) is 0 Å². The van der Waals surface area contributed by atoms with Crippen LogP contribution in [0.25, 0.3) is 0 Å². The first-order valence-corrected chi connectivity index (χ1v) is 10.2. The molecule has 0 heterocycles. The van der Waals surface area contributed by atoms with Crippen molar-refractivity contribution >= 4 is 10.0 Å². The second-order valence-corrected chi connectivity index (χ2v) is 8.52. The first-order valence-electron chi connectivity index (χ1n) is 8.76. The zero-order valence-corrected chi connectivity index (χ0v) is 15.6. The van der Waals surface area contributed by atoms with E-state index in [2.05, 4.69) is 10.8 Å². The molecule has 25 heavy (non-hydrogen) atoms. The summed E-state index contributed by atoms with van der Waals surface area (Å²) in [7, 11) is -3.53. The lowest BCUT2D eigenvalue weighted by atomic mass is 9.93. The van der Waals surface area contributed by atoms with Gasteiger partial charge < -0.3 is 4.74 Å². The van der Waals surface area contributed by atoms with E-state index in [1.165, 1.54) is 0 Å². The zero-order valence-electron chi connectivity index (χ0n) is 14.7. The van der Waals surface area contributed by atoms with E-state index in [4.69, 9.17) is 4.74 Å². The standard InChI is InChI=1S/C20H25NO3S/c1-15-12-16(2)14-17(13-15)24-20-11-7-6-10-19(20)21-25(22,23)18-8-4-3-5-9-18/h3-5,8-9,12-14,19-21H,6-7,10-11H2,1-2H3/t19-,20+/m0/s1. The molecule has 0 aromatic heterocycles. The number of sulfonamides is 1. The lowest BCUT2D eigenvalue weighted by molar-refractivity contribution is 0.124. The smallest absolute Gasteiger partial charge is 0.240 e. The van der Waals surface area contributed by atoms with E-state index >= 15 is 0 Å². The van der Waals surface area contributed by atoms with Crippen molar-refractivity contribution in [1.82, 2.24) is 4.72 Å². The second kappa shape index (κ2) is 7.58. The van der Waals surface area contributed by atoms with E-state index in [-0.39, 0.29) is 12.1 Å². The third-order valence-electron chi connectivity index (χ3n) is 4.55. The first kappa shape index (κ1) is 18.0. The molecule has 1 aliphatic rings. The minimum Gasteiger partial charge on any atom is -0.489 e.